The van der Waals surface area contributed by atoms with Gasteiger partial charge in [-0.15, -0.1) is 0 Å². The first-order chi connectivity index (χ1) is 14.5. The molecule has 2 heterocycles. The van der Waals surface area contributed by atoms with Gasteiger partial charge in [-0.3, -0.25) is 40.0 Å². The molecule has 4 atom stereocenters. The average Bonchev–Trinajstić information content (AvgIpc) is 3.54. The van der Waals surface area contributed by atoms with E-state index in [4.69, 9.17) is 0 Å². The Hall–Kier alpha value is -3.75. The molecule has 3 N–H and O–H groups in total. The molecule has 30 heavy (non-hydrogen) atoms. The van der Waals surface area contributed by atoms with Crippen LogP contribution in [0, 0.1) is 23.7 Å². The number of hydrogen-bond donors (Lipinski definition) is 3. The van der Waals surface area contributed by atoms with Gasteiger partial charge in [-0.2, -0.15) is 5.10 Å². The second-order valence-corrected chi connectivity index (χ2v) is 7.80. The number of allylic oxidation sites excluding steroid dienone is 2. The molecule has 1 aromatic heterocycles. The zero-order chi connectivity index (χ0) is 20.8. The number of amides is 4. The Labute approximate surface area is 171 Å². The minimum Gasteiger partial charge on any atom is -0.274 e. The van der Waals surface area contributed by atoms with Gasteiger partial charge in [0.2, 0.25) is 11.8 Å². The van der Waals surface area contributed by atoms with Gasteiger partial charge in [0.05, 0.1) is 17.5 Å². The van der Waals surface area contributed by atoms with E-state index < -0.39 is 18.4 Å². The predicted octanol–water partition coefficient (Wildman–Crippen LogP) is 0.645. The maximum Gasteiger partial charge on any atom is 0.287 e. The number of benzene rings is 1. The molecular formula is C21H19N5O4. The Morgan fingerprint density at radius 3 is 2.37 bits per heavy atom. The number of likely N-dealkylation sites (tertiary alicyclic amines) is 1. The van der Waals surface area contributed by atoms with Crippen LogP contribution in [0.3, 0.4) is 0 Å². The lowest BCUT2D eigenvalue weighted by atomic mass is 9.85. The molecule has 2 aliphatic carbocycles. The van der Waals surface area contributed by atoms with E-state index in [1.807, 2.05) is 42.5 Å². The molecule has 9 heteroatoms. The number of carbonyl (C=O) groups is 4. The third kappa shape index (κ3) is 2.90. The second-order valence-electron chi connectivity index (χ2n) is 7.80. The lowest BCUT2D eigenvalue weighted by Gasteiger charge is -2.16. The quantitative estimate of drug-likeness (QED) is 0.391. The third-order valence-corrected chi connectivity index (χ3v) is 6.07. The fraction of sp³-hybridized carbons (Fsp3) is 0.286. The van der Waals surface area contributed by atoms with Crippen LogP contribution in [0.4, 0.5) is 0 Å². The van der Waals surface area contributed by atoms with E-state index in [9.17, 15) is 19.2 Å². The Balaban J connectivity index is 1.17. The maximum absolute atomic E-state index is 12.6. The number of imide groups is 1. The van der Waals surface area contributed by atoms with Crippen molar-refractivity contribution in [1.29, 1.82) is 0 Å². The molecule has 1 aromatic carbocycles. The zero-order valence-corrected chi connectivity index (χ0v) is 15.9. The number of hydrazine groups is 1. The van der Waals surface area contributed by atoms with Crippen molar-refractivity contribution in [2.45, 2.75) is 6.42 Å². The normalized spacial score (nSPS) is 26.2. The fourth-order valence-corrected chi connectivity index (χ4v) is 4.69. The molecule has 1 aliphatic heterocycles. The van der Waals surface area contributed by atoms with Crippen LogP contribution in [-0.2, 0) is 14.4 Å². The third-order valence-electron chi connectivity index (χ3n) is 6.07. The zero-order valence-electron chi connectivity index (χ0n) is 15.9. The number of H-pyrrole nitrogens is 1. The molecule has 2 aromatic rings. The van der Waals surface area contributed by atoms with E-state index in [0.29, 0.717) is 5.69 Å². The molecular weight excluding hydrogens is 386 g/mol. The van der Waals surface area contributed by atoms with E-state index in [2.05, 4.69) is 21.0 Å². The summed E-state index contributed by atoms with van der Waals surface area (Å²) in [5.74, 6) is -2.36. The van der Waals surface area contributed by atoms with E-state index in [1.165, 1.54) is 0 Å². The van der Waals surface area contributed by atoms with Gasteiger partial charge in [0.25, 0.3) is 11.8 Å². The molecule has 3 aliphatic rings. The van der Waals surface area contributed by atoms with Crippen LogP contribution in [0.1, 0.15) is 16.9 Å². The predicted molar refractivity (Wildman–Crippen MR) is 104 cm³/mol. The Morgan fingerprint density at radius 1 is 1.03 bits per heavy atom. The molecule has 2 fully saturated rings. The summed E-state index contributed by atoms with van der Waals surface area (Å²) < 4.78 is 0. The van der Waals surface area contributed by atoms with Crippen molar-refractivity contribution < 1.29 is 19.2 Å². The first-order valence-electron chi connectivity index (χ1n) is 9.76. The minimum atomic E-state index is -0.645. The highest BCUT2D eigenvalue weighted by molar-refractivity contribution is 6.08. The van der Waals surface area contributed by atoms with Crippen molar-refractivity contribution in [3.63, 3.8) is 0 Å². The highest BCUT2D eigenvalue weighted by Gasteiger charge is 2.59. The number of fused-ring (bicyclic) bond motifs is 5. The van der Waals surface area contributed by atoms with Crippen LogP contribution in [0.25, 0.3) is 11.3 Å². The number of hydrogen-bond acceptors (Lipinski definition) is 5. The smallest absolute Gasteiger partial charge is 0.274 e. The molecule has 0 spiro atoms. The van der Waals surface area contributed by atoms with Crippen LogP contribution in [-0.4, -0.2) is 45.3 Å². The van der Waals surface area contributed by atoms with Crippen LogP contribution < -0.4 is 10.9 Å². The molecule has 1 saturated heterocycles. The average molecular weight is 405 g/mol. The maximum atomic E-state index is 12.6. The lowest BCUT2D eigenvalue weighted by molar-refractivity contribution is -0.144. The molecule has 5 rings (SSSR count). The summed E-state index contributed by atoms with van der Waals surface area (Å²) in [7, 11) is 0. The van der Waals surface area contributed by atoms with Crippen molar-refractivity contribution in [1.82, 2.24) is 25.9 Å². The highest BCUT2D eigenvalue weighted by Crippen LogP contribution is 2.52. The number of nitrogens with zero attached hydrogens (tertiary/aromatic N) is 2. The van der Waals surface area contributed by atoms with E-state index >= 15 is 0 Å². The largest absolute Gasteiger partial charge is 0.287 e. The van der Waals surface area contributed by atoms with Gasteiger partial charge < -0.3 is 0 Å². The Kier molecular flexibility index (Phi) is 4.23. The van der Waals surface area contributed by atoms with Crippen LogP contribution in [0.5, 0.6) is 0 Å². The molecule has 0 radical (unpaired) electrons. The first-order valence-corrected chi connectivity index (χ1v) is 9.76. The van der Waals surface area contributed by atoms with Gasteiger partial charge >= 0.3 is 0 Å². The van der Waals surface area contributed by atoms with Crippen LogP contribution in [0.15, 0.2) is 48.6 Å². The topological polar surface area (TPSA) is 124 Å². The van der Waals surface area contributed by atoms with Crippen molar-refractivity contribution >= 4 is 23.6 Å². The number of aromatic amines is 1. The molecule has 1 saturated carbocycles. The van der Waals surface area contributed by atoms with Crippen molar-refractivity contribution in [3.8, 4) is 11.3 Å². The number of nitrogens with one attached hydrogen (secondary N) is 3. The van der Waals surface area contributed by atoms with Gasteiger partial charge in [-0.25, -0.2) is 0 Å². The van der Waals surface area contributed by atoms with Crippen molar-refractivity contribution in [2.24, 2.45) is 23.7 Å². The number of carbonyl (C=O) groups excluding carboxylic acids is 4. The standard InChI is InChI=1S/C21H19N5O4/c27-16(10-26-20(29)17-12-6-7-13(8-12)18(17)21(26)30)24-25-19(28)15-9-14(22-23-15)11-4-2-1-3-5-11/h1-7,9,12-13,17-18H,8,10H2,(H,22,23)(H,24,27)(H,25,28)/t12-,13-,17-,18+/m1/s1. The van der Waals surface area contributed by atoms with Gasteiger partial charge in [-0.05, 0) is 24.3 Å². The summed E-state index contributed by atoms with van der Waals surface area (Å²) in [5, 5.41) is 6.71. The molecule has 2 bridgehead atoms. The molecule has 152 valence electrons. The summed E-state index contributed by atoms with van der Waals surface area (Å²) in [6.07, 6.45) is 4.82. The highest BCUT2D eigenvalue weighted by atomic mass is 16.2. The summed E-state index contributed by atoms with van der Waals surface area (Å²) in [6, 6.07) is 10.9. The van der Waals surface area contributed by atoms with Crippen molar-refractivity contribution in [2.75, 3.05) is 6.54 Å². The van der Waals surface area contributed by atoms with Gasteiger partial charge in [-0.1, -0.05) is 42.5 Å². The lowest BCUT2D eigenvalue weighted by Crippen LogP contribution is -2.48. The SMILES string of the molecule is O=C(CN1C(=O)[C@@H]2[C@H](C1=O)[C@@H]1C=C[C@@H]2C1)NNC(=O)c1cc(-c2ccccc2)n[nH]1. The monoisotopic (exact) mass is 405 g/mol. The van der Waals surface area contributed by atoms with E-state index in [0.717, 1.165) is 16.9 Å². The number of rotatable bonds is 4. The molecule has 4 amide bonds. The second kappa shape index (κ2) is 6.94. The minimum absolute atomic E-state index is 0.0865. The van der Waals surface area contributed by atoms with E-state index in [1.54, 1.807) is 6.07 Å². The summed E-state index contributed by atoms with van der Waals surface area (Å²) in [4.78, 5) is 50.7. The molecule has 0 unspecified atom stereocenters. The summed E-state index contributed by atoms with van der Waals surface area (Å²) in [5.41, 5.74) is 6.13. The molecule has 9 nitrogen and oxygen atoms in total. The summed E-state index contributed by atoms with van der Waals surface area (Å²) >= 11 is 0. The van der Waals surface area contributed by atoms with Gasteiger partial charge in [0.15, 0.2) is 0 Å². The number of aromatic nitrogens is 2. The Bertz CT molecular complexity index is 1050. The van der Waals surface area contributed by atoms with E-state index in [-0.39, 0.29) is 41.2 Å². The van der Waals surface area contributed by atoms with Crippen LogP contribution >= 0.6 is 0 Å². The first kappa shape index (κ1) is 18.3. The van der Waals surface area contributed by atoms with Gasteiger partial charge in [0, 0.05) is 5.56 Å². The Morgan fingerprint density at radius 2 is 1.70 bits per heavy atom. The van der Waals surface area contributed by atoms with Gasteiger partial charge in [0.1, 0.15) is 12.2 Å². The fourth-order valence-electron chi connectivity index (χ4n) is 4.69. The van der Waals surface area contributed by atoms with Crippen molar-refractivity contribution in [3.05, 3.63) is 54.2 Å². The van der Waals surface area contributed by atoms with Crippen LogP contribution in [0.2, 0.25) is 0 Å². The summed E-state index contributed by atoms with van der Waals surface area (Å²) in [6.45, 7) is -0.414.